The number of nitrogens with one attached hydrogen (secondary N) is 1. The fourth-order valence-electron chi connectivity index (χ4n) is 2.90. The van der Waals surface area contributed by atoms with Gasteiger partial charge in [0.1, 0.15) is 17.2 Å². The van der Waals surface area contributed by atoms with Gasteiger partial charge >= 0.3 is 6.18 Å². The van der Waals surface area contributed by atoms with Crippen LogP contribution in [0.3, 0.4) is 0 Å². The molecule has 3 aromatic heterocycles. The van der Waals surface area contributed by atoms with Crippen molar-refractivity contribution in [3.63, 3.8) is 0 Å². The first-order chi connectivity index (χ1) is 13.7. The van der Waals surface area contributed by atoms with Crippen LogP contribution in [0.1, 0.15) is 21.6 Å². The van der Waals surface area contributed by atoms with Crippen molar-refractivity contribution < 1.29 is 18.0 Å². The first-order valence-electron chi connectivity index (χ1n) is 8.38. The van der Waals surface area contributed by atoms with Crippen LogP contribution in [-0.2, 0) is 6.18 Å². The molecule has 4 aromatic rings. The van der Waals surface area contributed by atoms with E-state index in [0.717, 1.165) is 10.7 Å². The van der Waals surface area contributed by atoms with E-state index in [9.17, 15) is 18.0 Å². The minimum Gasteiger partial charge on any atom is -0.384 e. The standard InChI is InChI=1S/C18H14F3N7O/c1-10-8-15(28(26-10)13-5-3-2-4-12(13)18(19,20)21)25-17(29)11-9-23-27-7-6-14(22)24-16(11)27/h2-9H,1H3,(H2,22,24)(H,25,29). The van der Waals surface area contributed by atoms with E-state index in [1.54, 1.807) is 13.1 Å². The quantitative estimate of drug-likeness (QED) is 0.549. The molecule has 8 nitrogen and oxygen atoms in total. The fraction of sp³-hybridized carbons (Fsp3) is 0.111. The van der Waals surface area contributed by atoms with E-state index in [-0.39, 0.29) is 28.5 Å². The highest BCUT2D eigenvalue weighted by molar-refractivity contribution is 6.08. The molecule has 4 rings (SSSR count). The third-order valence-electron chi connectivity index (χ3n) is 4.15. The Morgan fingerprint density at radius 2 is 1.97 bits per heavy atom. The number of nitrogens with two attached hydrogens (primary N) is 1. The Labute approximate surface area is 161 Å². The molecular formula is C18H14F3N7O. The molecule has 148 valence electrons. The van der Waals surface area contributed by atoms with Gasteiger partial charge in [-0.25, -0.2) is 14.2 Å². The van der Waals surface area contributed by atoms with Gasteiger partial charge in [0.05, 0.1) is 23.1 Å². The second kappa shape index (κ2) is 6.62. The number of hydrogen-bond acceptors (Lipinski definition) is 5. The van der Waals surface area contributed by atoms with Crippen LogP contribution in [0.15, 0.2) is 48.8 Å². The van der Waals surface area contributed by atoms with Crippen LogP contribution in [0, 0.1) is 6.92 Å². The lowest BCUT2D eigenvalue weighted by Crippen LogP contribution is -2.17. The number of aryl methyl sites for hydroxylation is 1. The number of fused-ring (bicyclic) bond motifs is 1. The molecule has 11 heteroatoms. The normalized spacial score (nSPS) is 11.7. The van der Waals surface area contributed by atoms with Crippen molar-refractivity contribution in [2.45, 2.75) is 13.1 Å². The summed E-state index contributed by atoms with van der Waals surface area (Å²) in [6.07, 6.45) is -1.74. The van der Waals surface area contributed by atoms with Crippen LogP contribution >= 0.6 is 0 Å². The van der Waals surface area contributed by atoms with Crippen LogP contribution in [-0.4, -0.2) is 30.3 Å². The third-order valence-corrected chi connectivity index (χ3v) is 4.15. The van der Waals surface area contributed by atoms with Crippen molar-refractivity contribution in [2.24, 2.45) is 0 Å². The number of benzene rings is 1. The first kappa shape index (κ1) is 18.5. The smallest absolute Gasteiger partial charge is 0.384 e. The van der Waals surface area contributed by atoms with E-state index in [1.165, 1.54) is 41.0 Å². The number of anilines is 2. The van der Waals surface area contributed by atoms with Gasteiger partial charge in [-0.1, -0.05) is 12.1 Å². The maximum Gasteiger partial charge on any atom is 0.418 e. The summed E-state index contributed by atoms with van der Waals surface area (Å²) < 4.78 is 42.6. The molecule has 0 saturated carbocycles. The Morgan fingerprint density at radius 1 is 1.21 bits per heavy atom. The predicted octanol–water partition coefficient (Wildman–Crippen LogP) is 3.08. The van der Waals surface area contributed by atoms with E-state index >= 15 is 0 Å². The largest absolute Gasteiger partial charge is 0.418 e. The van der Waals surface area contributed by atoms with Crippen LogP contribution in [0.5, 0.6) is 0 Å². The fourth-order valence-corrected chi connectivity index (χ4v) is 2.90. The summed E-state index contributed by atoms with van der Waals surface area (Å²) in [7, 11) is 0. The molecule has 0 radical (unpaired) electrons. The van der Waals surface area contributed by atoms with Crippen LogP contribution in [0.25, 0.3) is 11.3 Å². The lowest BCUT2D eigenvalue weighted by atomic mass is 10.1. The Bertz CT molecular complexity index is 1230. The molecule has 29 heavy (non-hydrogen) atoms. The second-order valence-corrected chi connectivity index (χ2v) is 6.23. The average molecular weight is 401 g/mol. The van der Waals surface area contributed by atoms with Gasteiger partial charge < -0.3 is 11.1 Å². The summed E-state index contributed by atoms with van der Waals surface area (Å²) in [5.74, 6) is -0.330. The molecule has 1 amide bonds. The highest BCUT2D eigenvalue weighted by Crippen LogP contribution is 2.34. The predicted molar refractivity (Wildman–Crippen MR) is 98.7 cm³/mol. The molecule has 3 N–H and O–H groups in total. The zero-order valence-electron chi connectivity index (χ0n) is 15.0. The zero-order chi connectivity index (χ0) is 20.8. The Balaban J connectivity index is 1.75. The van der Waals surface area contributed by atoms with Gasteiger partial charge in [0.15, 0.2) is 5.65 Å². The number of hydrogen-bond donors (Lipinski definition) is 2. The van der Waals surface area contributed by atoms with Gasteiger partial charge in [-0.15, -0.1) is 0 Å². The summed E-state index contributed by atoms with van der Waals surface area (Å²) in [5, 5.41) is 10.7. The summed E-state index contributed by atoms with van der Waals surface area (Å²) in [6.45, 7) is 1.61. The second-order valence-electron chi connectivity index (χ2n) is 6.23. The molecule has 0 unspecified atom stereocenters. The molecule has 0 bridgehead atoms. The van der Waals surface area contributed by atoms with E-state index < -0.39 is 17.6 Å². The lowest BCUT2D eigenvalue weighted by Gasteiger charge is -2.14. The van der Waals surface area contributed by atoms with E-state index in [0.29, 0.717) is 5.69 Å². The van der Waals surface area contributed by atoms with Gasteiger partial charge in [-0.3, -0.25) is 4.79 Å². The number of carbonyl (C=O) groups is 1. The van der Waals surface area contributed by atoms with Crippen molar-refractivity contribution in [2.75, 3.05) is 11.1 Å². The van der Waals surface area contributed by atoms with E-state index in [2.05, 4.69) is 20.5 Å². The SMILES string of the molecule is Cc1cc(NC(=O)c2cnn3ccc(N)nc23)n(-c2ccccc2C(F)(F)F)n1. The molecule has 0 aliphatic carbocycles. The number of halogens is 3. The molecule has 0 spiro atoms. The van der Waals surface area contributed by atoms with Gasteiger partial charge in [0, 0.05) is 12.3 Å². The third kappa shape index (κ3) is 3.37. The number of carbonyl (C=O) groups excluding carboxylic acids is 1. The molecule has 0 aliphatic heterocycles. The van der Waals surface area contributed by atoms with Crippen molar-refractivity contribution in [3.05, 3.63) is 65.6 Å². The molecular weight excluding hydrogens is 387 g/mol. The van der Waals surface area contributed by atoms with Gasteiger partial charge in [0.25, 0.3) is 5.91 Å². The molecule has 0 atom stereocenters. The highest BCUT2D eigenvalue weighted by atomic mass is 19.4. The number of nitrogens with zero attached hydrogens (tertiary/aromatic N) is 5. The summed E-state index contributed by atoms with van der Waals surface area (Å²) in [6, 6.07) is 7.98. The van der Waals surface area contributed by atoms with E-state index in [1.807, 2.05) is 0 Å². The summed E-state index contributed by atoms with van der Waals surface area (Å²) in [4.78, 5) is 16.8. The number of para-hydroxylation sites is 1. The topological polar surface area (TPSA) is 103 Å². The Morgan fingerprint density at radius 3 is 2.72 bits per heavy atom. The van der Waals surface area contributed by atoms with Crippen molar-refractivity contribution in [3.8, 4) is 5.69 Å². The lowest BCUT2D eigenvalue weighted by molar-refractivity contribution is -0.137. The monoisotopic (exact) mass is 401 g/mol. The minimum atomic E-state index is -4.58. The van der Waals surface area contributed by atoms with E-state index in [4.69, 9.17) is 5.73 Å². The van der Waals surface area contributed by atoms with Crippen LogP contribution in [0.4, 0.5) is 24.8 Å². The van der Waals surface area contributed by atoms with Crippen molar-refractivity contribution in [1.29, 1.82) is 0 Å². The van der Waals surface area contributed by atoms with Gasteiger partial charge in [-0.2, -0.15) is 23.4 Å². The number of alkyl halides is 3. The molecule has 1 aromatic carbocycles. The highest BCUT2D eigenvalue weighted by Gasteiger charge is 2.34. The number of nitrogen functional groups attached to an aromatic ring is 1. The first-order valence-corrected chi connectivity index (χ1v) is 8.38. The van der Waals surface area contributed by atoms with Crippen LogP contribution < -0.4 is 11.1 Å². The Kier molecular flexibility index (Phi) is 4.22. The molecule has 0 fully saturated rings. The molecule has 0 aliphatic rings. The number of amides is 1. The zero-order valence-corrected chi connectivity index (χ0v) is 15.0. The number of rotatable bonds is 3. The van der Waals surface area contributed by atoms with Gasteiger partial charge in [-0.05, 0) is 25.1 Å². The summed E-state index contributed by atoms with van der Waals surface area (Å²) in [5.41, 5.74) is 5.36. The maximum absolute atomic E-state index is 13.4. The van der Waals surface area contributed by atoms with Crippen molar-refractivity contribution >= 4 is 23.2 Å². The maximum atomic E-state index is 13.4. The van der Waals surface area contributed by atoms with Crippen LogP contribution in [0.2, 0.25) is 0 Å². The summed E-state index contributed by atoms with van der Waals surface area (Å²) >= 11 is 0. The minimum absolute atomic E-state index is 0.0763. The van der Waals surface area contributed by atoms with Crippen molar-refractivity contribution in [1.82, 2.24) is 24.4 Å². The average Bonchev–Trinajstić information content (AvgIpc) is 3.23. The van der Waals surface area contributed by atoms with Gasteiger partial charge in [0.2, 0.25) is 0 Å². The Hall–Kier alpha value is -3.89. The number of aromatic nitrogens is 5. The molecule has 0 saturated heterocycles. The molecule has 3 heterocycles.